The van der Waals surface area contributed by atoms with Crippen LogP contribution in [0.5, 0.6) is 0 Å². The Kier molecular flexibility index (Phi) is 5.86. The molecule has 0 amide bonds. The Morgan fingerprint density at radius 3 is 2.58 bits per heavy atom. The van der Waals surface area contributed by atoms with Crippen molar-refractivity contribution < 1.29 is 12.8 Å². The number of fused-ring (bicyclic) bond motifs is 3. The molecule has 1 fully saturated rings. The maximum absolute atomic E-state index is 13.2. The molecule has 0 radical (unpaired) electrons. The average Bonchev–Trinajstić information content (AvgIpc) is 3.43. The van der Waals surface area contributed by atoms with E-state index in [1.807, 2.05) is 18.2 Å². The first kappa shape index (κ1) is 21.9. The fourth-order valence-electron chi connectivity index (χ4n) is 3.99. The number of nitrogens with zero attached hydrogens (tertiary/aromatic N) is 1. The van der Waals surface area contributed by atoms with Gasteiger partial charge in [-0.3, -0.25) is 5.32 Å². The Morgan fingerprint density at radius 1 is 1.16 bits per heavy atom. The zero-order valence-electron chi connectivity index (χ0n) is 18.2. The summed E-state index contributed by atoms with van der Waals surface area (Å²) in [6.45, 7) is 6.64. The summed E-state index contributed by atoms with van der Waals surface area (Å²) >= 11 is 0. The molecule has 8 heteroatoms. The van der Waals surface area contributed by atoms with Crippen LogP contribution >= 0.6 is 0 Å². The van der Waals surface area contributed by atoms with Crippen molar-refractivity contribution in [2.24, 2.45) is 5.92 Å². The van der Waals surface area contributed by atoms with Crippen molar-refractivity contribution in [2.75, 3.05) is 6.54 Å². The smallest absolute Gasteiger partial charge is 0.240 e. The van der Waals surface area contributed by atoms with Crippen LogP contribution in [0.4, 0.5) is 0 Å². The number of benzene rings is 2. The highest BCUT2D eigenvalue weighted by atomic mass is 32.2. The third-order valence-electron chi connectivity index (χ3n) is 5.95. The fraction of sp³-hybridized carbons (Fsp3) is 0.435. The molecule has 0 saturated heterocycles. The summed E-state index contributed by atoms with van der Waals surface area (Å²) in [7, 11) is -2.81. The van der Waals surface area contributed by atoms with Crippen molar-refractivity contribution in [2.45, 2.75) is 56.4 Å². The molecule has 2 aromatic carbocycles. The molecule has 0 unspecified atom stereocenters. The minimum absolute atomic E-state index is 0.220. The number of nitriles is 1. The van der Waals surface area contributed by atoms with Crippen molar-refractivity contribution in [1.29, 1.82) is 5.26 Å². The number of rotatable bonds is 9. The normalized spacial score (nSPS) is 16.5. The van der Waals surface area contributed by atoms with E-state index in [9.17, 15) is 13.7 Å². The lowest BCUT2D eigenvalue weighted by Gasteiger charge is -2.22. The van der Waals surface area contributed by atoms with Gasteiger partial charge < -0.3 is 4.42 Å². The predicted octanol–water partition coefficient (Wildman–Crippen LogP) is 3.03. The van der Waals surface area contributed by atoms with Crippen LogP contribution in [0.15, 0.2) is 45.7 Å². The van der Waals surface area contributed by atoms with Gasteiger partial charge >= 0.3 is 0 Å². The molecule has 1 heterocycles. The summed E-state index contributed by atoms with van der Waals surface area (Å²) < 4.78 is 35.2. The maximum Gasteiger partial charge on any atom is 0.240 e. The first-order valence-electron chi connectivity index (χ1n) is 10.9. The molecule has 0 spiro atoms. The first-order chi connectivity index (χ1) is 14.7. The van der Waals surface area contributed by atoms with Crippen LogP contribution in [0.25, 0.3) is 21.9 Å². The Hall–Kier alpha value is -2.34. The van der Waals surface area contributed by atoms with Crippen molar-refractivity contribution in [3.8, 4) is 6.07 Å². The molecule has 0 aliphatic heterocycles. The van der Waals surface area contributed by atoms with E-state index in [-0.39, 0.29) is 10.9 Å². The van der Waals surface area contributed by atoms with Crippen LogP contribution < -0.4 is 15.5 Å². The zero-order chi connectivity index (χ0) is 22.2. The van der Waals surface area contributed by atoms with Crippen LogP contribution in [0.2, 0.25) is 6.82 Å². The van der Waals surface area contributed by atoms with Gasteiger partial charge in [0.1, 0.15) is 16.7 Å². The minimum Gasteiger partial charge on any atom is -0.456 e. The summed E-state index contributed by atoms with van der Waals surface area (Å²) in [5.74, 6) is 0.319. The van der Waals surface area contributed by atoms with Crippen molar-refractivity contribution in [3.63, 3.8) is 0 Å². The third kappa shape index (κ3) is 4.64. The van der Waals surface area contributed by atoms with Crippen molar-refractivity contribution in [3.05, 3.63) is 36.4 Å². The molecule has 1 atom stereocenters. The van der Waals surface area contributed by atoms with Gasteiger partial charge in [-0.15, -0.1) is 0 Å². The second-order valence-electron chi connectivity index (χ2n) is 8.97. The SMILES string of the molecule is CBc1ccc2c(c1)oc1ccc(S(=O)(=O)N[C@H](CNC3(C#N)CC3)CC(C)C)cc12. The highest BCUT2D eigenvalue weighted by molar-refractivity contribution is 7.89. The number of nitrogens with one attached hydrogen (secondary N) is 2. The second-order valence-corrected chi connectivity index (χ2v) is 10.7. The third-order valence-corrected chi connectivity index (χ3v) is 7.47. The van der Waals surface area contributed by atoms with Crippen molar-refractivity contribution in [1.82, 2.24) is 10.0 Å². The van der Waals surface area contributed by atoms with Crippen LogP contribution in [0.1, 0.15) is 33.1 Å². The highest BCUT2D eigenvalue weighted by Crippen LogP contribution is 2.34. The highest BCUT2D eigenvalue weighted by Gasteiger charge is 2.43. The standard InChI is InChI=1S/C23H28BN3O3S/c1-15(2)10-17(13-26-23(14-25)8-9-23)27-31(28,29)18-5-7-21-20(12-18)19-6-4-16(24-3)11-22(19)30-21/h4-7,11-12,15,17,24,26-27H,8-10,13H2,1-3H3/t17-/m0/s1. The summed E-state index contributed by atoms with van der Waals surface area (Å²) in [6, 6.07) is 13.1. The predicted molar refractivity (Wildman–Crippen MR) is 126 cm³/mol. The van der Waals surface area contributed by atoms with Gasteiger partial charge in [-0.05, 0) is 49.4 Å². The molecular weight excluding hydrogens is 409 g/mol. The van der Waals surface area contributed by atoms with Gasteiger partial charge in [0.2, 0.25) is 10.0 Å². The van der Waals surface area contributed by atoms with E-state index in [0.29, 0.717) is 24.5 Å². The minimum atomic E-state index is -3.72. The quantitative estimate of drug-likeness (QED) is 0.502. The molecular formula is C23H28BN3O3S. The second kappa shape index (κ2) is 8.31. The van der Waals surface area contributed by atoms with Crippen molar-refractivity contribution >= 4 is 44.7 Å². The van der Waals surface area contributed by atoms with E-state index in [1.165, 1.54) is 5.46 Å². The average molecular weight is 437 g/mol. The molecule has 1 aliphatic rings. The monoisotopic (exact) mass is 437 g/mol. The zero-order valence-corrected chi connectivity index (χ0v) is 19.1. The van der Waals surface area contributed by atoms with E-state index in [1.54, 1.807) is 18.2 Å². The van der Waals surface area contributed by atoms with Gasteiger partial charge in [-0.25, -0.2) is 13.1 Å². The Morgan fingerprint density at radius 2 is 1.94 bits per heavy atom. The summed E-state index contributed by atoms with van der Waals surface area (Å²) in [4.78, 5) is 0.220. The molecule has 3 aromatic rings. The molecule has 1 aromatic heterocycles. The van der Waals surface area contributed by atoms with E-state index in [4.69, 9.17) is 4.42 Å². The Bertz CT molecular complexity index is 1260. The number of hydrogen-bond donors (Lipinski definition) is 2. The van der Waals surface area contributed by atoms with Crippen LogP contribution in [0.3, 0.4) is 0 Å². The molecule has 6 nitrogen and oxygen atoms in total. The van der Waals surface area contributed by atoms with Crippen LogP contribution in [0, 0.1) is 17.2 Å². The number of furan rings is 1. The topological polar surface area (TPSA) is 95.1 Å². The molecule has 31 heavy (non-hydrogen) atoms. The molecule has 162 valence electrons. The Balaban J connectivity index is 1.61. The van der Waals surface area contributed by atoms with E-state index >= 15 is 0 Å². The van der Waals surface area contributed by atoms with E-state index in [0.717, 1.165) is 36.5 Å². The van der Waals surface area contributed by atoms with Gasteiger partial charge in [0, 0.05) is 23.4 Å². The van der Waals surface area contributed by atoms with Gasteiger partial charge in [0.25, 0.3) is 0 Å². The fourth-order valence-corrected chi connectivity index (χ4v) is 5.26. The summed E-state index contributed by atoms with van der Waals surface area (Å²) in [5, 5.41) is 14.3. The Labute approximate surface area is 184 Å². The molecule has 1 saturated carbocycles. The summed E-state index contributed by atoms with van der Waals surface area (Å²) in [6.07, 6.45) is 2.31. The molecule has 0 bridgehead atoms. The van der Waals surface area contributed by atoms with Crippen LogP contribution in [-0.4, -0.2) is 33.8 Å². The van der Waals surface area contributed by atoms with E-state index in [2.05, 4.69) is 36.8 Å². The molecule has 1 aliphatic carbocycles. The maximum atomic E-state index is 13.2. The van der Waals surface area contributed by atoms with Crippen LogP contribution in [-0.2, 0) is 10.0 Å². The lowest BCUT2D eigenvalue weighted by molar-refractivity contribution is 0.423. The first-order valence-corrected chi connectivity index (χ1v) is 12.4. The lowest BCUT2D eigenvalue weighted by atomic mass is 9.73. The summed E-state index contributed by atoms with van der Waals surface area (Å²) in [5.41, 5.74) is 2.14. The molecule has 2 N–H and O–H groups in total. The number of sulfonamides is 1. The van der Waals surface area contributed by atoms with Gasteiger partial charge in [0.15, 0.2) is 7.28 Å². The number of hydrogen-bond acceptors (Lipinski definition) is 5. The van der Waals surface area contributed by atoms with E-state index < -0.39 is 15.6 Å². The largest absolute Gasteiger partial charge is 0.456 e. The lowest BCUT2D eigenvalue weighted by Crippen LogP contribution is -2.46. The van der Waals surface area contributed by atoms with Gasteiger partial charge in [0.05, 0.1) is 11.0 Å². The van der Waals surface area contributed by atoms with Gasteiger partial charge in [-0.1, -0.05) is 38.3 Å². The van der Waals surface area contributed by atoms with Gasteiger partial charge in [-0.2, -0.15) is 5.26 Å². The molecule has 4 rings (SSSR count).